The molecule has 102 valence electrons. The number of nitrogens with two attached hydrogens (primary N) is 3. The van der Waals surface area contributed by atoms with Crippen LogP contribution < -0.4 is 22.1 Å². The van der Waals surface area contributed by atoms with Crippen molar-refractivity contribution in [2.24, 2.45) is 11.5 Å². The predicted molar refractivity (Wildman–Crippen MR) is 66.2 cm³/mol. The number of nitrogens with zero attached hydrogens (tertiary/aromatic N) is 2. The Bertz CT molecular complexity index is 515. The third-order valence-corrected chi connectivity index (χ3v) is 2.14. The quantitative estimate of drug-likeness (QED) is 0.468. The second kappa shape index (κ2) is 5.67. The highest BCUT2D eigenvalue weighted by Gasteiger charge is 2.17. The molecule has 0 aliphatic rings. The highest BCUT2D eigenvalue weighted by atomic mass is 16.4. The van der Waals surface area contributed by atoms with E-state index in [1.54, 1.807) is 0 Å². The van der Waals surface area contributed by atoms with Gasteiger partial charge in [0.2, 0.25) is 11.8 Å². The molecule has 9 heteroatoms. The molecule has 0 radical (unpaired) electrons. The van der Waals surface area contributed by atoms with Crippen LogP contribution in [-0.2, 0) is 9.59 Å². The lowest BCUT2D eigenvalue weighted by Gasteiger charge is -2.21. The Labute approximate surface area is 108 Å². The fourth-order valence-electron chi connectivity index (χ4n) is 1.44. The van der Waals surface area contributed by atoms with Crippen LogP contribution in [0.4, 0.5) is 11.5 Å². The number of rotatable bonds is 6. The predicted octanol–water partition coefficient (Wildman–Crippen LogP) is -1.86. The zero-order valence-corrected chi connectivity index (χ0v) is 9.87. The van der Waals surface area contributed by atoms with Gasteiger partial charge in [-0.1, -0.05) is 0 Å². The first-order chi connectivity index (χ1) is 8.81. The molecule has 1 aromatic heterocycles. The summed E-state index contributed by atoms with van der Waals surface area (Å²) >= 11 is 0. The molecule has 0 spiro atoms. The van der Waals surface area contributed by atoms with Crippen LogP contribution in [0.25, 0.3) is 0 Å². The lowest BCUT2D eigenvalue weighted by Crippen LogP contribution is -2.40. The van der Waals surface area contributed by atoms with Crippen LogP contribution in [-0.4, -0.2) is 41.0 Å². The standard InChI is InChI=1S/C10H13N5O4/c11-6-1-5(10(18)19)2-14-9(6)15(3-7(12)16)4-8(13)17/h1-2H,3-4,11H2,(H2,12,16)(H2,13,17)(H,18,19). The minimum absolute atomic E-state index is 0.00222. The van der Waals surface area contributed by atoms with Gasteiger partial charge >= 0.3 is 5.97 Å². The molecular weight excluding hydrogens is 254 g/mol. The molecule has 0 fully saturated rings. The fraction of sp³-hybridized carbons (Fsp3) is 0.200. The molecule has 1 rings (SSSR count). The van der Waals surface area contributed by atoms with E-state index in [1.807, 2.05) is 0 Å². The Morgan fingerprint density at radius 3 is 2.11 bits per heavy atom. The van der Waals surface area contributed by atoms with Gasteiger partial charge in [-0.3, -0.25) is 9.59 Å². The van der Waals surface area contributed by atoms with Crippen molar-refractivity contribution in [3.05, 3.63) is 17.8 Å². The molecule has 1 heterocycles. The molecule has 0 aliphatic heterocycles. The first-order valence-corrected chi connectivity index (χ1v) is 5.11. The third-order valence-electron chi connectivity index (χ3n) is 2.14. The molecular formula is C10H13N5O4. The lowest BCUT2D eigenvalue weighted by atomic mass is 10.2. The van der Waals surface area contributed by atoms with Crippen LogP contribution in [0.5, 0.6) is 0 Å². The third kappa shape index (κ3) is 3.84. The van der Waals surface area contributed by atoms with Crippen molar-refractivity contribution in [2.75, 3.05) is 23.7 Å². The second-order valence-electron chi connectivity index (χ2n) is 3.73. The Morgan fingerprint density at radius 1 is 1.21 bits per heavy atom. The highest BCUT2D eigenvalue weighted by molar-refractivity contribution is 5.90. The van der Waals surface area contributed by atoms with Crippen LogP contribution in [0.3, 0.4) is 0 Å². The normalized spacial score (nSPS) is 9.89. The molecule has 9 nitrogen and oxygen atoms in total. The first kappa shape index (κ1) is 14.2. The van der Waals surface area contributed by atoms with E-state index in [0.29, 0.717) is 0 Å². The van der Waals surface area contributed by atoms with Crippen molar-refractivity contribution in [3.8, 4) is 0 Å². The van der Waals surface area contributed by atoms with E-state index >= 15 is 0 Å². The van der Waals surface area contributed by atoms with Crippen molar-refractivity contribution in [1.82, 2.24) is 4.98 Å². The molecule has 2 amide bonds. The summed E-state index contributed by atoms with van der Waals surface area (Å²) in [6, 6.07) is 1.17. The maximum absolute atomic E-state index is 10.9. The van der Waals surface area contributed by atoms with Gasteiger partial charge in [0, 0.05) is 6.20 Å². The second-order valence-corrected chi connectivity index (χ2v) is 3.73. The number of carbonyl (C=O) groups excluding carboxylic acids is 2. The van der Waals surface area contributed by atoms with E-state index in [9.17, 15) is 14.4 Å². The maximum atomic E-state index is 10.9. The zero-order chi connectivity index (χ0) is 14.6. The molecule has 0 aliphatic carbocycles. The average Bonchev–Trinajstić information content (AvgIpc) is 2.26. The van der Waals surface area contributed by atoms with E-state index in [0.717, 1.165) is 6.20 Å². The largest absolute Gasteiger partial charge is 0.478 e. The molecule has 19 heavy (non-hydrogen) atoms. The zero-order valence-electron chi connectivity index (χ0n) is 9.87. The number of aromatic carboxylic acids is 1. The van der Waals surface area contributed by atoms with Gasteiger partial charge in [-0.05, 0) is 6.07 Å². The summed E-state index contributed by atoms with van der Waals surface area (Å²) in [4.78, 5) is 37.5. The molecule has 0 saturated carbocycles. The Hall–Kier alpha value is -2.84. The number of carboxylic acids is 1. The molecule has 0 unspecified atom stereocenters. The van der Waals surface area contributed by atoms with Gasteiger partial charge in [0.05, 0.1) is 24.3 Å². The van der Waals surface area contributed by atoms with Gasteiger partial charge in [0.1, 0.15) is 0 Å². The number of primary amides is 2. The summed E-state index contributed by atoms with van der Waals surface area (Å²) in [5.74, 6) is -2.53. The fourth-order valence-corrected chi connectivity index (χ4v) is 1.44. The van der Waals surface area contributed by atoms with Crippen LogP contribution in [0.2, 0.25) is 0 Å². The topological polar surface area (TPSA) is 166 Å². The lowest BCUT2D eigenvalue weighted by molar-refractivity contribution is -0.117. The SMILES string of the molecule is NC(=O)CN(CC(N)=O)c1ncc(C(=O)O)cc1N. The number of hydrogen-bond acceptors (Lipinski definition) is 6. The summed E-state index contributed by atoms with van der Waals surface area (Å²) in [5, 5.41) is 8.77. The van der Waals surface area contributed by atoms with E-state index in [1.165, 1.54) is 11.0 Å². The Kier molecular flexibility index (Phi) is 4.24. The van der Waals surface area contributed by atoms with Gasteiger partial charge in [-0.25, -0.2) is 9.78 Å². The van der Waals surface area contributed by atoms with Gasteiger partial charge in [0.15, 0.2) is 5.82 Å². The minimum atomic E-state index is -1.19. The van der Waals surface area contributed by atoms with E-state index in [4.69, 9.17) is 22.3 Å². The van der Waals surface area contributed by atoms with E-state index in [2.05, 4.69) is 4.98 Å². The van der Waals surface area contributed by atoms with Crippen LogP contribution >= 0.6 is 0 Å². The van der Waals surface area contributed by atoms with Crippen LogP contribution in [0, 0.1) is 0 Å². The number of hydrogen-bond donors (Lipinski definition) is 4. The van der Waals surface area contributed by atoms with Crippen molar-refractivity contribution >= 4 is 29.3 Å². The molecule has 0 aromatic carbocycles. The molecule has 0 atom stereocenters. The Morgan fingerprint density at radius 2 is 1.74 bits per heavy atom. The number of carboxylic acid groups (broad SMARTS) is 1. The van der Waals surface area contributed by atoms with Gasteiger partial charge in [-0.2, -0.15) is 0 Å². The minimum Gasteiger partial charge on any atom is -0.478 e. The summed E-state index contributed by atoms with van der Waals surface area (Å²) in [7, 11) is 0. The van der Waals surface area contributed by atoms with Crippen molar-refractivity contribution in [2.45, 2.75) is 0 Å². The van der Waals surface area contributed by atoms with Crippen LogP contribution in [0.1, 0.15) is 10.4 Å². The first-order valence-electron chi connectivity index (χ1n) is 5.11. The number of nitrogen functional groups attached to an aromatic ring is 1. The summed E-state index contributed by atoms with van der Waals surface area (Å²) in [5.41, 5.74) is 15.6. The maximum Gasteiger partial charge on any atom is 0.337 e. The summed E-state index contributed by atoms with van der Waals surface area (Å²) in [6.07, 6.45) is 1.06. The van der Waals surface area contributed by atoms with Gasteiger partial charge in [-0.15, -0.1) is 0 Å². The molecule has 0 saturated heterocycles. The van der Waals surface area contributed by atoms with Crippen LogP contribution in [0.15, 0.2) is 12.3 Å². The smallest absolute Gasteiger partial charge is 0.337 e. The highest BCUT2D eigenvalue weighted by Crippen LogP contribution is 2.20. The van der Waals surface area contributed by atoms with Crippen molar-refractivity contribution in [1.29, 1.82) is 0 Å². The van der Waals surface area contributed by atoms with Crippen molar-refractivity contribution in [3.63, 3.8) is 0 Å². The van der Waals surface area contributed by atoms with E-state index < -0.39 is 17.8 Å². The summed E-state index contributed by atoms with van der Waals surface area (Å²) < 4.78 is 0. The number of anilines is 2. The number of amides is 2. The van der Waals surface area contributed by atoms with E-state index in [-0.39, 0.29) is 30.2 Å². The van der Waals surface area contributed by atoms with Gasteiger partial charge in [0.25, 0.3) is 0 Å². The summed E-state index contributed by atoms with van der Waals surface area (Å²) in [6.45, 7) is -0.626. The average molecular weight is 267 g/mol. The molecule has 7 N–H and O–H groups in total. The monoisotopic (exact) mass is 267 g/mol. The molecule has 1 aromatic rings. The Balaban J connectivity index is 3.11. The van der Waals surface area contributed by atoms with Crippen molar-refractivity contribution < 1.29 is 19.5 Å². The molecule has 0 bridgehead atoms. The van der Waals surface area contributed by atoms with Gasteiger partial charge < -0.3 is 27.2 Å². The number of pyridine rings is 1. The number of aromatic nitrogens is 1. The number of carbonyl (C=O) groups is 3.